The number of nitrogens with one attached hydrogen (secondary N) is 1. The number of carbonyl (C=O) groups excluding carboxylic acids is 1. The Labute approximate surface area is 176 Å². The predicted octanol–water partition coefficient (Wildman–Crippen LogP) is 4.59. The van der Waals surface area contributed by atoms with Gasteiger partial charge in [-0.25, -0.2) is 12.8 Å². The van der Waals surface area contributed by atoms with Gasteiger partial charge < -0.3 is 5.32 Å². The zero-order chi connectivity index (χ0) is 20.6. The smallest absolute Gasteiger partial charge is 0.264 e. The van der Waals surface area contributed by atoms with Crippen LogP contribution in [0.4, 0.5) is 15.8 Å². The number of halogens is 2. The van der Waals surface area contributed by atoms with Gasteiger partial charge in [-0.3, -0.25) is 9.10 Å². The van der Waals surface area contributed by atoms with Crippen molar-refractivity contribution < 1.29 is 17.6 Å². The number of anilines is 2. The van der Waals surface area contributed by atoms with E-state index in [0.29, 0.717) is 29.9 Å². The standard InChI is InChI=1S/C21H16BrFN2O3S/c22-16-2-8-19(9-3-16)29(27,28)25-12-11-14-13-15(1-10-20(14)25)21(26)24-18-6-4-17(23)5-7-18/h1-10,13H,11-12H2,(H,24,26). The first-order valence-corrected chi connectivity index (χ1v) is 11.1. The number of carbonyl (C=O) groups is 1. The normalized spacial score (nSPS) is 13.2. The van der Waals surface area contributed by atoms with Crippen LogP contribution in [0.3, 0.4) is 0 Å². The van der Waals surface area contributed by atoms with Crippen LogP contribution >= 0.6 is 15.9 Å². The fourth-order valence-electron chi connectivity index (χ4n) is 3.23. The summed E-state index contributed by atoms with van der Waals surface area (Å²) in [5, 5.41) is 2.71. The maximum atomic E-state index is 13.0. The summed E-state index contributed by atoms with van der Waals surface area (Å²) < 4.78 is 41.2. The van der Waals surface area contributed by atoms with E-state index >= 15 is 0 Å². The Balaban J connectivity index is 1.58. The van der Waals surface area contributed by atoms with Crippen molar-refractivity contribution in [1.29, 1.82) is 0 Å². The molecule has 0 bridgehead atoms. The highest BCUT2D eigenvalue weighted by Crippen LogP contribution is 2.34. The fourth-order valence-corrected chi connectivity index (χ4v) is 5.00. The number of hydrogen-bond acceptors (Lipinski definition) is 3. The van der Waals surface area contributed by atoms with E-state index < -0.39 is 10.0 Å². The number of fused-ring (bicyclic) bond motifs is 1. The second-order valence-electron chi connectivity index (χ2n) is 6.59. The Morgan fingerprint density at radius 3 is 2.38 bits per heavy atom. The zero-order valence-corrected chi connectivity index (χ0v) is 17.5. The Bertz CT molecular complexity index is 1180. The van der Waals surface area contributed by atoms with Gasteiger partial charge in [0.25, 0.3) is 15.9 Å². The van der Waals surface area contributed by atoms with E-state index in [4.69, 9.17) is 0 Å². The highest BCUT2D eigenvalue weighted by atomic mass is 79.9. The fraction of sp³-hybridized carbons (Fsp3) is 0.0952. The Morgan fingerprint density at radius 2 is 1.69 bits per heavy atom. The summed E-state index contributed by atoms with van der Waals surface area (Å²) in [7, 11) is -3.68. The van der Waals surface area contributed by atoms with Crippen LogP contribution in [-0.4, -0.2) is 20.9 Å². The van der Waals surface area contributed by atoms with Crippen molar-refractivity contribution in [2.75, 3.05) is 16.2 Å². The average molecular weight is 475 g/mol. The van der Waals surface area contributed by atoms with E-state index in [1.807, 2.05) is 0 Å². The molecule has 0 unspecified atom stereocenters. The first-order chi connectivity index (χ1) is 13.8. The van der Waals surface area contributed by atoms with Crippen LogP contribution < -0.4 is 9.62 Å². The first-order valence-electron chi connectivity index (χ1n) is 8.83. The lowest BCUT2D eigenvalue weighted by Gasteiger charge is -2.19. The third-order valence-electron chi connectivity index (χ3n) is 4.70. The van der Waals surface area contributed by atoms with Crippen LogP contribution in [0.5, 0.6) is 0 Å². The van der Waals surface area contributed by atoms with E-state index in [9.17, 15) is 17.6 Å². The zero-order valence-electron chi connectivity index (χ0n) is 15.1. The van der Waals surface area contributed by atoms with Crippen molar-refractivity contribution in [2.24, 2.45) is 0 Å². The van der Waals surface area contributed by atoms with Gasteiger partial charge in [0.1, 0.15) is 5.82 Å². The molecule has 1 aliphatic heterocycles. The Morgan fingerprint density at radius 1 is 1.00 bits per heavy atom. The van der Waals surface area contributed by atoms with Crippen molar-refractivity contribution in [3.63, 3.8) is 0 Å². The molecule has 0 aliphatic carbocycles. The predicted molar refractivity (Wildman–Crippen MR) is 113 cm³/mol. The van der Waals surface area contributed by atoms with Crippen molar-refractivity contribution in [2.45, 2.75) is 11.3 Å². The van der Waals surface area contributed by atoms with Gasteiger partial charge in [0.15, 0.2) is 0 Å². The lowest BCUT2D eigenvalue weighted by molar-refractivity contribution is 0.102. The second-order valence-corrected chi connectivity index (χ2v) is 9.36. The molecule has 1 N–H and O–H groups in total. The highest BCUT2D eigenvalue weighted by Gasteiger charge is 2.31. The summed E-state index contributed by atoms with van der Waals surface area (Å²) in [6.45, 7) is 0.316. The van der Waals surface area contributed by atoms with Gasteiger partial charge in [-0.15, -0.1) is 0 Å². The lowest BCUT2D eigenvalue weighted by atomic mass is 10.1. The molecule has 0 aromatic heterocycles. The molecule has 3 aromatic carbocycles. The quantitative estimate of drug-likeness (QED) is 0.601. The molecule has 1 aliphatic rings. The molecule has 0 saturated heterocycles. The number of sulfonamides is 1. The maximum absolute atomic E-state index is 13.0. The second kappa shape index (κ2) is 7.61. The van der Waals surface area contributed by atoms with Crippen LogP contribution in [0.2, 0.25) is 0 Å². The minimum absolute atomic E-state index is 0.215. The van der Waals surface area contributed by atoms with Gasteiger partial charge in [-0.1, -0.05) is 15.9 Å². The lowest BCUT2D eigenvalue weighted by Crippen LogP contribution is -2.29. The van der Waals surface area contributed by atoms with Crippen LogP contribution in [0, 0.1) is 5.82 Å². The van der Waals surface area contributed by atoms with Crippen molar-refractivity contribution in [3.05, 3.63) is 88.1 Å². The van der Waals surface area contributed by atoms with E-state index in [1.165, 1.54) is 28.6 Å². The molecule has 1 heterocycles. The molecule has 1 amide bonds. The molecule has 0 fully saturated rings. The molecular weight excluding hydrogens is 459 g/mol. The molecule has 29 heavy (non-hydrogen) atoms. The van der Waals surface area contributed by atoms with Crippen LogP contribution in [-0.2, 0) is 16.4 Å². The third-order valence-corrected chi connectivity index (χ3v) is 7.05. The van der Waals surface area contributed by atoms with Crippen molar-refractivity contribution in [1.82, 2.24) is 0 Å². The summed E-state index contributed by atoms with van der Waals surface area (Å²) in [6, 6.07) is 16.9. The first kappa shape index (κ1) is 19.6. The molecule has 4 rings (SSSR count). The average Bonchev–Trinajstić information content (AvgIpc) is 3.14. The maximum Gasteiger partial charge on any atom is 0.264 e. The highest BCUT2D eigenvalue weighted by molar-refractivity contribution is 9.10. The minimum Gasteiger partial charge on any atom is -0.322 e. The number of nitrogens with zero attached hydrogens (tertiary/aromatic N) is 1. The van der Waals surface area contributed by atoms with Gasteiger partial charge in [0, 0.05) is 22.3 Å². The van der Waals surface area contributed by atoms with Gasteiger partial charge in [0.2, 0.25) is 0 Å². The monoisotopic (exact) mass is 474 g/mol. The Hall–Kier alpha value is -2.71. The molecule has 5 nitrogen and oxygen atoms in total. The van der Waals surface area contributed by atoms with E-state index in [2.05, 4.69) is 21.2 Å². The van der Waals surface area contributed by atoms with Gasteiger partial charge >= 0.3 is 0 Å². The van der Waals surface area contributed by atoms with Crippen LogP contribution in [0.15, 0.2) is 76.1 Å². The van der Waals surface area contributed by atoms with Crippen LogP contribution in [0.25, 0.3) is 0 Å². The summed E-state index contributed by atoms with van der Waals surface area (Å²) in [5.74, 6) is -0.721. The Kier molecular flexibility index (Phi) is 5.14. The minimum atomic E-state index is -3.68. The molecule has 0 atom stereocenters. The van der Waals surface area contributed by atoms with Crippen molar-refractivity contribution in [3.8, 4) is 0 Å². The molecule has 148 valence electrons. The SMILES string of the molecule is O=C(Nc1ccc(F)cc1)c1ccc2c(c1)CCN2S(=O)(=O)c1ccc(Br)cc1. The molecule has 0 radical (unpaired) electrons. The van der Waals surface area contributed by atoms with Crippen molar-refractivity contribution >= 4 is 43.2 Å². The largest absolute Gasteiger partial charge is 0.322 e. The molecular formula is C21H16BrFN2O3S. The topological polar surface area (TPSA) is 66.5 Å². The molecule has 3 aromatic rings. The number of hydrogen-bond donors (Lipinski definition) is 1. The summed E-state index contributed by atoms with van der Waals surface area (Å²) in [6.07, 6.45) is 0.517. The van der Waals surface area contributed by atoms with E-state index in [-0.39, 0.29) is 16.6 Å². The number of rotatable bonds is 4. The number of benzene rings is 3. The van der Waals surface area contributed by atoms with E-state index in [1.54, 1.807) is 42.5 Å². The molecule has 0 saturated carbocycles. The molecule has 8 heteroatoms. The summed E-state index contributed by atoms with van der Waals surface area (Å²) in [4.78, 5) is 12.7. The third kappa shape index (κ3) is 3.90. The van der Waals surface area contributed by atoms with Gasteiger partial charge in [-0.05, 0) is 78.7 Å². The van der Waals surface area contributed by atoms with Gasteiger partial charge in [-0.2, -0.15) is 0 Å². The summed E-state index contributed by atoms with van der Waals surface area (Å²) in [5.41, 5.74) is 2.26. The van der Waals surface area contributed by atoms with Gasteiger partial charge in [0.05, 0.1) is 10.6 Å². The van der Waals surface area contributed by atoms with Crippen LogP contribution in [0.1, 0.15) is 15.9 Å². The number of amides is 1. The molecule has 0 spiro atoms. The summed E-state index contributed by atoms with van der Waals surface area (Å²) >= 11 is 3.31. The van der Waals surface area contributed by atoms with E-state index in [0.717, 1.165) is 10.0 Å².